The second kappa shape index (κ2) is 8.06. The Labute approximate surface area is 141 Å². The van der Waals surface area contributed by atoms with Crippen LogP contribution in [0.2, 0.25) is 0 Å². The van der Waals surface area contributed by atoms with Crippen LogP contribution in [-0.4, -0.2) is 46.4 Å². The van der Waals surface area contributed by atoms with Crippen molar-refractivity contribution >= 4 is 17.8 Å². The van der Waals surface area contributed by atoms with Gasteiger partial charge in [0.15, 0.2) is 0 Å². The fourth-order valence-corrected chi connectivity index (χ4v) is 2.92. The summed E-state index contributed by atoms with van der Waals surface area (Å²) in [6.45, 7) is 4.02. The number of nitrogens with one attached hydrogen (secondary N) is 1. The summed E-state index contributed by atoms with van der Waals surface area (Å²) in [5, 5.41) is 11.9. The lowest BCUT2D eigenvalue weighted by atomic mass is 10.1. The first-order chi connectivity index (χ1) is 11.4. The third-order valence-electron chi connectivity index (χ3n) is 4.30. The number of carboxylic acid groups (broad SMARTS) is 1. The summed E-state index contributed by atoms with van der Waals surface area (Å²) >= 11 is 0. The van der Waals surface area contributed by atoms with Gasteiger partial charge in [0.2, 0.25) is 0 Å². The van der Waals surface area contributed by atoms with Gasteiger partial charge in [0.25, 0.3) is 11.8 Å². The minimum absolute atomic E-state index is 0.121. The number of aliphatic carboxylic acids is 1. The molecule has 2 atom stereocenters. The molecule has 1 aromatic rings. The predicted molar refractivity (Wildman–Crippen MR) is 90.0 cm³/mol. The third-order valence-corrected chi connectivity index (χ3v) is 4.30. The number of carbonyl (C=O) groups excluding carboxylic acids is 2. The fraction of sp³-hybridized carbons (Fsp3) is 0.500. The second-order valence-corrected chi connectivity index (χ2v) is 6.28. The van der Waals surface area contributed by atoms with E-state index in [4.69, 9.17) is 5.11 Å². The van der Waals surface area contributed by atoms with Gasteiger partial charge in [-0.1, -0.05) is 25.0 Å². The Bertz CT molecular complexity index is 594. The van der Waals surface area contributed by atoms with Crippen LogP contribution in [0.25, 0.3) is 0 Å². The van der Waals surface area contributed by atoms with Crippen molar-refractivity contribution in [3.8, 4) is 0 Å². The van der Waals surface area contributed by atoms with Crippen LogP contribution in [-0.2, 0) is 4.79 Å². The average molecular weight is 332 g/mol. The van der Waals surface area contributed by atoms with Crippen molar-refractivity contribution in [2.75, 3.05) is 6.54 Å². The van der Waals surface area contributed by atoms with Crippen molar-refractivity contribution in [2.45, 2.75) is 51.6 Å². The zero-order valence-electron chi connectivity index (χ0n) is 14.1. The van der Waals surface area contributed by atoms with Gasteiger partial charge in [0.05, 0.1) is 11.1 Å². The number of imide groups is 1. The summed E-state index contributed by atoms with van der Waals surface area (Å²) in [5.74, 6) is -1.27. The molecule has 1 unspecified atom stereocenters. The minimum Gasteiger partial charge on any atom is -0.480 e. The average Bonchev–Trinajstić information content (AvgIpc) is 2.79. The summed E-state index contributed by atoms with van der Waals surface area (Å²) in [6.07, 6.45) is 3.43. The smallest absolute Gasteiger partial charge is 0.320 e. The van der Waals surface area contributed by atoms with Crippen LogP contribution in [0.15, 0.2) is 24.3 Å². The number of carbonyl (C=O) groups is 3. The quantitative estimate of drug-likeness (QED) is 0.535. The van der Waals surface area contributed by atoms with E-state index in [0.717, 1.165) is 25.7 Å². The molecule has 0 aromatic heterocycles. The molecule has 2 amide bonds. The molecular weight excluding hydrogens is 308 g/mol. The van der Waals surface area contributed by atoms with E-state index >= 15 is 0 Å². The zero-order chi connectivity index (χ0) is 17.7. The number of unbranched alkanes of at least 4 members (excludes halogenated alkanes) is 2. The largest absolute Gasteiger partial charge is 0.480 e. The Kier molecular flexibility index (Phi) is 6.09. The van der Waals surface area contributed by atoms with Crippen LogP contribution in [0.3, 0.4) is 0 Å². The Morgan fingerprint density at radius 2 is 1.67 bits per heavy atom. The van der Waals surface area contributed by atoms with Gasteiger partial charge >= 0.3 is 5.97 Å². The van der Waals surface area contributed by atoms with E-state index in [2.05, 4.69) is 5.32 Å². The van der Waals surface area contributed by atoms with Crippen LogP contribution in [0.1, 0.15) is 60.2 Å². The van der Waals surface area contributed by atoms with Crippen LogP contribution < -0.4 is 5.32 Å². The minimum atomic E-state index is -0.854. The second-order valence-electron chi connectivity index (χ2n) is 6.28. The molecule has 1 aliphatic rings. The van der Waals surface area contributed by atoms with E-state index in [1.807, 2.05) is 6.92 Å². The molecular formula is C18H24N2O4. The molecule has 2 rings (SSSR count). The topological polar surface area (TPSA) is 86.7 Å². The van der Waals surface area contributed by atoms with E-state index in [9.17, 15) is 14.4 Å². The summed E-state index contributed by atoms with van der Waals surface area (Å²) in [4.78, 5) is 36.5. The first-order valence-electron chi connectivity index (χ1n) is 8.36. The lowest BCUT2D eigenvalue weighted by molar-refractivity contribution is -0.139. The maximum atomic E-state index is 12.2. The van der Waals surface area contributed by atoms with Crippen molar-refractivity contribution in [3.05, 3.63) is 35.4 Å². The zero-order valence-corrected chi connectivity index (χ0v) is 14.1. The van der Waals surface area contributed by atoms with Gasteiger partial charge in [0.1, 0.15) is 6.04 Å². The molecule has 0 radical (unpaired) electrons. The van der Waals surface area contributed by atoms with E-state index in [0.29, 0.717) is 17.7 Å². The Hall–Kier alpha value is -2.21. The summed E-state index contributed by atoms with van der Waals surface area (Å²) < 4.78 is 0. The molecule has 0 saturated heterocycles. The highest BCUT2D eigenvalue weighted by Gasteiger charge is 2.34. The van der Waals surface area contributed by atoms with Gasteiger partial charge in [-0.3, -0.25) is 19.3 Å². The maximum Gasteiger partial charge on any atom is 0.320 e. The molecule has 0 bridgehead atoms. The number of nitrogens with zero attached hydrogens (tertiary/aromatic N) is 1. The Balaban J connectivity index is 1.70. The highest BCUT2D eigenvalue weighted by molar-refractivity contribution is 6.21. The lowest BCUT2D eigenvalue weighted by Crippen LogP contribution is -2.39. The van der Waals surface area contributed by atoms with Gasteiger partial charge < -0.3 is 10.4 Å². The number of rotatable bonds is 9. The predicted octanol–water partition coefficient (Wildman–Crippen LogP) is 2.29. The number of hydrogen-bond donors (Lipinski definition) is 2. The van der Waals surface area contributed by atoms with Crippen molar-refractivity contribution in [3.63, 3.8) is 0 Å². The van der Waals surface area contributed by atoms with E-state index in [1.165, 1.54) is 4.90 Å². The van der Waals surface area contributed by atoms with Crippen molar-refractivity contribution in [2.24, 2.45) is 0 Å². The van der Waals surface area contributed by atoms with Crippen LogP contribution in [0.5, 0.6) is 0 Å². The molecule has 1 aromatic carbocycles. The molecule has 0 fully saturated rings. The fourth-order valence-electron chi connectivity index (χ4n) is 2.92. The summed E-state index contributed by atoms with van der Waals surface area (Å²) in [6, 6.07) is 6.47. The molecule has 0 saturated carbocycles. The van der Waals surface area contributed by atoms with Crippen LogP contribution in [0.4, 0.5) is 0 Å². The Morgan fingerprint density at radius 3 is 2.21 bits per heavy atom. The summed E-state index contributed by atoms with van der Waals surface area (Å²) in [5.41, 5.74) is 0.978. The van der Waals surface area contributed by atoms with Crippen molar-refractivity contribution in [1.29, 1.82) is 0 Å². The molecule has 1 heterocycles. The first-order valence-corrected chi connectivity index (χ1v) is 8.36. The van der Waals surface area contributed by atoms with Crippen molar-refractivity contribution in [1.82, 2.24) is 10.2 Å². The standard InChI is InChI=1S/C18H24N2O4/c1-12(19-13(2)18(23)24)8-4-3-7-11-20-16(21)14-9-5-6-10-15(14)17(20)22/h5-6,9-10,12-13,19H,3-4,7-8,11H2,1-2H3,(H,23,24)/t12?,13-/m0/s1. The number of hydrogen-bond acceptors (Lipinski definition) is 4. The SMILES string of the molecule is CC(CCCCCN1C(=O)c2ccccc2C1=O)N[C@@H](C)C(=O)O. The molecule has 6 heteroatoms. The molecule has 6 nitrogen and oxygen atoms in total. The van der Waals surface area contributed by atoms with Gasteiger partial charge in [0, 0.05) is 12.6 Å². The monoisotopic (exact) mass is 332 g/mol. The number of benzene rings is 1. The van der Waals surface area contributed by atoms with Gasteiger partial charge in [-0.25, -0.2) is 0 Å². The molecule has 1 aliphatic heterocycles. The van der Waals surface area contributed by atoms with E-state index in [-0.39, 0.29) is 17.9 Å². The third kappa shape index (κ3) is 4.20. The molecule has 0 aliphatic carbocycles. The van der Waals surface area contributed by atoms with Gasteiger partial charge in [-0.15, -0.1) is 0 Å². The normalized spacial score (nSPS) is 16.2. The highest BCUT2D eigenvalue weighted by Crippen LogP contribution is 2.22. The number of fused-ring (bicyclic) bond motifs is 1. The summed E-state index contributed by atoms with van der Waals surface area (Å²) in [7, 11) is 0. The van der Waals surface area contributed by atoms with Crippen LogP contribution in [0, 0.1) is 0 Å². The van der Waals surface area contributed by atoms with E-state index in [1.54, 1.807) is 31.2 Å². The lowest BCUT2D eigenvalue weighted by Gasteiger charge is -2.17. The van der Waals surface area contributed by atoms with Gasteiger partial charge in [-0.05, 0) is 38.8 Å². The molecule has 2 N–H and O–H groups in total. The first kappa shape index (κ1) is 18.1. The highest BCUT2D eigenvalue weighted by atomic mass is 16.4. The Morgan fingerprint density at radius 1 is 1.08 bits per heavy atom. The number of amides is 2. The van der Waals surface area contributed by atoms with Gasteiger partial charge in [-0.2, -0.15) is 0 Å². The maximum absolute atomic E-state index is 12.2. The van der Waals surface area contributed by atoms with E-state index < -0.39 is 12.0 Å². The van der Waals surface area contributed by atoms with Crippen LogP contribution >= 0.6 is 0 Å². The van der Waals surface area contributed by atoms with Crippen molar-refractivity contribution < 1.29 is 19.5 Å². The molecule has 0 spiro atoms. The molecule has 24 heavy (non-hydrogen) atoms. The number of carboxylic acids is 1. The molecule has 130 valence electrons.